The number of hydrogen-bond donors (Lipinski definition) is 5. The Labute approximate surface area is 115 Å². The number of aliphatic hydroxyl groups excluding tert-OH is 3. The number of aliphatic carboxylic acids is 1. The number of rotatable bonds is 5. The Balaban J connectivity index is 2.86. The SMILES string of the molecule is CC(=O)N[C@@H]1[C@@H](O)[C@H](O[C@@H](C)C(=O)O)[C@@H](CO)O[C@@H]1O. The molecular formula is C11H19NO8. The normalized spacial score (nSPS) is 35.4. The van der Waals surface area contributed by atoms with Gasteiger partial charge in [-0.1, -0.05) is 0 Å². The van der Waals surface area contributed by atoms with Crippen LogP contribution in [0.4, 0.5) is 0 Å². The number of nitrogens with one attached hydrogen (secondary N) is 1. The molecule has 0 aromatic carbocycles. The molecule has 0 saturated carbocycles. The second kappa shape index (κ2) is 6.95. The highest BCUT2D eigenvalue weighted by atomic mass is 16.6. The average Bonchev–Trinajstić information content (AvgIpc) is 2.36. The fourth-order valence-corrected chi connectivity index (χ4v) is 1.93. The Kier molecular flexibility index (Phi) is 5.84. The Morgan fingerprint density at radius 3 is 2.45 bits per heavy atom. The highest BCUT2D eigenvalue weighted by molar-refractivity contribution is 5.73. The van der Waals surface area contributed by atoms with Gasteiger partial charge in [0.1, 0.15) is 24.4 Å². The van der Waals surface area contributed by atoms with Crippen molar-refractivity contribution in [3.63, 3.8) is 0 Å². The van der Waals surface area contributed by atoms with Crippen molar-refractivity contribution in [2.45, 2.75) is 50.6 Å². The summed E-state index contributed by atoms with van der Waals surface area (Å²) in [5.41, 5.74) is 0. The molecule has 6 atom stereocenters. The third-order valence-corrected chi connectivity index (χ3v) is 2.95. The second-order valence-corrected chi connectivity index (χ2v) is 4.55. The molecule has 116 valence electrons. The van der Waals surface area contributed by atoms with Crippen LogP contribution in [0.15, 0.2) is 0 Å². The summed E-state index contributed by atoms with van der Waals surface area (Å²) in [5, 5.41) is 40.0. The molecule has 0 aromatic heterocycles. The molecule has 0 radical (unpaired) electrons. The average molecular weight is 293 g/mol. The first-order valence-electron chi connectivity index (χ1n) is 6.05. The maximum Gasteiger partial charge on any atom is 0.332 e. The molecule has 0 aliphatic carbocycles. The van der Waals surface area contributed by atoms with E-state index in [1.54, 1.807) is 0 Å². The smallest absolute Gasteiger partial charge is 0.332 e. The lowest BCUT2D eigenvalue weighted by atomic mass is 9.96. The van der Waals surface area contributed by atoms with E-state index in [0.29, 0.717) is 0 Å². The Morgan fingerprint density at radius 1 is 1.40 bits per heavy atom. The Morgan fingerprint density at radius 2 is 2.00 bits per heavy atom. The van der Waals surface area contributed by atoms with Crippen LogP contribution in [0, 0.1) is 0 Å². The maximum absolute atomic E-state index is 11.0. The number of amides is 1. The van der Waals surface area contributed by atoms with Crippen molar-refractivity contribution in [2.75, 3.05) is 6.61 Å². The van der Waals surface area contributed by atoms with Gasteiger partial charge >= 0.3 is 5.97 Å². The molecule has 1 saturated heterocycles. The van der Waals surface area contributed by atoms with Gasteiger partial charge in [0.25, 0.3) is 0 Å². The van der Waals surface area contributed by atoms with Crippen LogP contribution in [0.3, 0.4) is 0 Å². The zero-order valence-corrected chi connectivity index (χ0v) is 11.1. The third kappa shape index (κ3) is 3.87. The summed E-state index contributed by atoms with van der Waals surface area (Å²) in [4.78, 5) is 21.8. The quantitative estimate of drug-likeness (QED) is 0.371. The molecule has 1 aliphatic heterocycles. The Bertz CT molecular complexity index is 362. The zero-order chi connectivity index (χ0) is 15.4. The maximum atomic E-state index is 11.0. The first kappa shape index (κ1) is 16.8. The molecule has 9 heteroatoms. The summed E-state index contributed by atoms with van der Waals surface area (Å²) in [6.07, 6.45) is -6.52. The molecule has 0 unspecified atom stereocenters. The van der Waals surface area contributed by atoms with Gasteiger partial charge in [0.2, 0.25) is 5.91 Å². The first-order valence-corrected chi connectivity index (χ1v) is 6.05. The van der Waals surface area contributed by atoms with Gasteiger partial charge in [0, 0.05) is 6.92 Å². The van der Waals surface area contributed by atoms with Gasteiger partial charge in [0.15, 0.2) is 12.4 Å². The molecule has 0 aromatic rings. The van der Waals surface area contributed by atoms with Crippen LogP contribution in [0.5, 0.6) is 0 Å². The van der Waals surface area contributed by atoms with Crippen molar-refractivity contribution in [3.8, 4) is 0 Å². The van der Waals surface area contributed by atoms with Crippen LogP contribution in [-0.4, -0.2) is 75.7 Å². The van der Waals surface area contributed by atoms with Crippen LogP contribution in [-0.2, 0) is 19.1 Å². The lowest BCUT2D eigenvalue weighted by Crippen LogP contribution is -2.65. The molecule has 9 nitrogen and oxygen atoms in total. The molecule has 20 heavy (non-hydrogen) atoms. The highest BCUT2D eigenvalue weighted by Gasteiger charge is 2.46. The third-order valence-electron chi connectivity index (χ3n) is 2.95. The summed E-state index contributed by atoms with van der Waals surface area (Å²) in [6, 6.07) is -1.18. The van der Waals surface area contributed by atoms with Crippen LogP contribution in [0.1, 0.15) is 13.8 Å². The number of carboxylic acids is 1. The minimum atomic E-state index is -1.54. The number of ether oxygens (including phenoxy) is 2. The topological polar surface area (TPSA) is 146 Å². The van der Waals surface area contributed by atoms with Crippen LogP contribution >= 0.6 is 0 Å². The molecule has 1 fully saturated rings. The van der Waals surface area contributed by atoms with Gasteiger partial charge in [-0.2, -0.15) is 0 Å². The molecule has 1 amide bonds. The van der Waals surface area contributed by atoms with Crippen LogP contribution in [0.2, 0.25) is 0 Å². The van der Waals surface area contributed by atoms with Crippen molar-refractivity contribution in [1.82, 2.24) is 5.32 Å². The summed E-state index contributed by atoms with van der Waals surface area (Å²) in [5.74, 6) is -1.76. The van der Waals surface area contributed by atoms with E-state index in [0.717, 1.165) is 0 Å². The van der Waals surface area contributed by atoms with E-state index >= 15 is 0 Å². The largest absolute Gasteiger partial charge is 0.479 e. The van der Waals surface area contributed by atoms with Crippen LogP contribution in [0.25, 0.3) is 0 Å². The van der Waals surface area contributed by atoms with Crippen molar-refractivity contribution in [1.29, 1.82) is 0 Å². The summed E-state index contributed by atoms with van der Waals surface area (Å²) >= 11 is 0. The molecule has 1 aliphatic rings. The van der Waals surface area contributed by atoms with Crippen LogP contribution < -0.4 is 5.32 Å². The van der Waals surface area contributed by atoms with E-state index in [2.05, 4.69) is 5.32 Å². The predicted molar refractivity (Wildman–Crippen MR) is 63.5 cm³/mol. The first-order chi connectivity index (χ1) is 9.27. The van der Waals surface area contributed by atoms with E-state index < -0.39 is 55.2 Å². The fraction of sp³-hybridized carbons (Fsp3) is 0.818. The van der Waals surface area contributed by atoms with Crippen molar-refractivity contribution < 1.29 is 39.5 Å². The van der Waals surface area contributed by atoms with Crippen molar-refractivity contribution >= 4 is 11.9 Å². The predicted octanol–water partition coefficient (Wildman–Crippen LogP) is -2.58. The van der Waals surface area contributed by atoms with Gasteiger partial charge < -0.3 is 35.2 Å². The van der Waals surface area contributed by atoms with Gasteiger partial charge in [-0.3, -0.25) is 4.79 Å². The molecule has 5 N–H and O–H groups in total. The number of carboxylic acid groups (broad SMARTS) is 1. The van der Waals surface area contributed by atoms with E-state index in [1.807, 2.05) is 0 Å². The number of aliphatic hydroxyl groups is 3. The second-order valence-electron chi connectivity index (χ2n) is 4.55. The number of carbonyl (C=O) groups is 2. The minimum absolute atomic E-state index is 0.510. The van der Waals surface area contributed by atoms with Gasteiger partial charge in [-0.15, -0.1) is 0 Å². The van der Waals surface area contributed by atoms with Crippen molar-refractivity contribution in [2.24, 2.45) is 0 Å². The number of carbonyl (C=O) groups excluding carboxylic acids is 1. The van der Waals surface area contributed by atoms with Crippen molar-refractivity contribution in [3.05, 3.63) is 0 Å². The molecule has 1 heterocycles. The summed E-state index contributed by atoms with van der Waals surface area (Å²) in [7, 11) is 0. The number of hydrogen-bond acceptors (Lipinski definition) is 7. The van der Waals surface area contributed by atoms with Gasteiger partial charge in [-0.05, 0) is 6.92 Å². The molecular weight excluding hydrogens is 274 g/mol. The van der Waals surface area contributed by atoms with E-state index in [1.165, 1.54) is 13.8 Å². The molecule has 0 spiro atoms. The summed E-state index contributed by atoms with van der Waals surface area (Å²) < 4.78 is 10.2. The monoisotopic (exact) mass is 293 g/mol. The standard InChI is InChI=1S/C11H19NO8/c1-4(10(16)17)19-9-6(3-13)20-11(18)7(8(9)15)12-5(2)14/h4,6-9,11,13,15,18H,3H2,1-2H3,(H,12,14)(H,16,17)/t4-,6+,7+,8+,9+,11-/m0/s1. The highest BCUT2D eigenvalue weighted by Crippen LogP contribution is 2.23. The van der Waals surface area contributed by atoms with Gasteiger partial charge in [0.05, 0.1) is 6.61 Å². The van der Waals surface area contributed by atoms with E-state index in [9.17, 15) is 19.8 Å². The van der Waals surface area contributed by atoms with Gasteiger partial charge in [-0.25, -0.2) is 4.79 Å². The van der Waals surface area contributed by atoms with E-state index in [-0.39, 0.29) is 0 Å². The fourth-order valence-electron chi connectivity index (χ4n) is 1.93. The summed E-state index contributed by atoms with van der Waals surface area (Å²) in [6.45, 7) is 1.85. The minimum Gasteiger partial charge on any atom is -0.479 e. The van der Waals surface area contributed by atoms with E-state index in [4.69, 9.17) is 19.7 Å². The zero-order valence-electron chi connectivity index (χ0n) is 11.1. The lowest BCUT2D eigenvalue weighted by Gasteiger charge is -2.42. The molecule has 0 bridgehead atoms. The Hall–Kier alpha value is -1.26. The molecule has 1 rings (SSSR count). The lowest BCUT2D eigenvalue weighted by molar-refractivity contribution is -0.269.